The van der Waals surface area contributed by atoms with Crippen molar-refractivity contribution in [1.82, 2.24) is 0 Å². The SMILES string of the molecule is CCCOc1c(Br)cc(C(=O)OCC(=O)c2ccc(NC(=O)CC)cc2)cc1OC. The van der Waals surface area contributed by atoms with Crippen LogP contribution in [0.2, 0.25) is 0 Å². The maximum absolute atomic E-state index is 12.4. The largest absolute Gasteiger partial charge is 0.493 e. The topological polar surface area (TPSA) is 90.9 Å². The number of methoxy groups -OCH3 is 1. The van der Waals surface area contributed by atoms with Gasteiger partial charge in [0.05, 0.1) is 23.8 Å². The molecule has 0 spiro atoms. The number of ether oxygens (including phenoxy) is 3. The van der Waals surface area contributed by atoms with E-state index in [4.69, 9.17) is 14.2 Å². The molecule has 0 unspecified atom stereocenters. The van der Waals surface area contributed by atoms with Gasteiger partial charge >= 0.3 is 5.97 Å². The molecule has 1 N–H and O–H groups in total. The maximum Gasteiger partial charge on any atom is 0.338 e. The van der Waals surface area contributed by atoms with E-state index in [-0.39, 0.29) is 17.3 Å². The first-order chi connectivity index (χ1) is 14.4. The van der Waals surface area contributed by atoms with Gasteiger partial charge in [-0.25, -0.2) is 4.79 Å². The third-order valence-electron chi connectivity index (χ3n) is 4.06. The molecule has 2 rings (SSSR count). The summed E-state index contributed by atoms with van der Waals surface area (Å²) in [4.78, 5) is 36.1. The number of anilines is 1. The molecule has 0 bridgehead atoms. The number of esters is 1. The molecule has 0 aliphatic rings. The highest BCUT2D eigenvalue weighted by molar-refractivity contribution is 9.10. The fraction of sp³-hybridized carbons (Fsp3) is 0.318. The van der Waals surface area contributed by atoms with Crippen LogP contribution in [0.3, 0.4) is 0 Å². The average Bonchev–Trinajstić information content (AvgIpc) is 2.76. The first-order valence-electron chi connectivity index (χ1n) is 9.50. The van der Waals surface area contributed by atoms with Gasteiger partial charge in [-0.1, -0.05) is 13.8 Å². The highest BCUT2D eigenvalue weighted by Gasteiger charge is 2.18. The third kappa shape index (κ3) is 6.32. The molecular formula is C22H24BrNO6. The van der Waals surface area contributed by atoms with Crippen molar-refractivity contribution in [2.45, 2.75) is 26.7 Å². The third-order valence-corrected chi connectivity index (χ3v) is 4.65. The number of hydrogen-bond acceptors (Lipinski definition) is 6. The Morgan fingerprint density at radius 3 is 2.33 bits per heavy atom. The number of amides is 1. The van der Waals surface area contributed by atoms with Gasteiger partial charge in [-0.05, 0) is 58.7 Å². The van der Waals surface area contributed by atoms with Crippen molar-refractivity contribution in [2.75, 3.05) is 25.6 Å². The van der Waals surface area contributed by atoms with E-state index in [0.29, 0.717) is 40.3 Å². The van der Waals surface area contributed by atoms with Gasteiger partial charge in [-0.15, -0.1) is 0 Å². The summed E-state index contributed by atoms with van der Waals surface area (Å²) in [6.45, 7) is 3.83. The van der Waals surface area contributed by atoms with Gasteiger partial charge in [-0.3, -0.25) is 9.59 Å². The lowest BCUT2D eigenvalue weighted by atomic mass is 10.1. The molecular weight excluding hydrogens is 454 g/mol. The first-order valence-corrected chi connectivity index (χ1v) is 10.3. The summed E-state index contributed by atoms with van der Waals surface area (Å²) in [5.74, 6) is -0.236. The minimum atomic E-state index is -0.656. The van der Waals surface area contributed by atoms with Crippen LogP contribution in [0.1, 0.15) is 47.4 Å². The zero-order chi connectivity index (χ0) is 22.1. The first kappa shape index (κ1) is 23.4. The van der Waals surface area contributed by atoms with Crippen molar-refractivity contribution in [1.29, 1.82) is 0 Å². The van der Waals surface area contributed by atoms with Crippen LogP contribution in [-0.4, -0.2) is 38.0 Å². The Morgan fingerprint density at radius 2 is 1.73 bits per heavy atom. The minimum Gasteiger partial charge on any atom is -0.493 e. The molecule has 0 fully saturated rings. The van der Waals surface area contributed by atoms with E-state index < -0.39 is 12.6 Å². The summed E-state index contributed by atoms with van der Waals surface area (Å²) in [5, 5.41) is 2.70. The predicted molar refractivity (Wildman–Crippen MR) is 116 cm³/mol. The van der Waals surface area contributed by atoms with Crippen molar-refractivity contribution in [3.8, 4) is 11.5 Å². The van der Waals surface area contributed by atoms with Crippen LogP contribution in [0.25, 0.3) is 0 Å². The Bertz CT molecular complexity index is 911. The van der Waals surface area contributed by atoms with E-state index in [2.05, 4.69) is 21.2 Å². The second-order valence-electron chi connectivity index (χ2n) is 6.32. The molecule has 1 amide bonds. The second-order valence-corrected chi connectivity index (χ2v) is 7.17. The van der Waals surface area contributed by atoms with Gasteiger partial charge in [0.15, 0.2) is 23.9 Å². The Balaban J connectivity index is 2.02. The molecule has 0 atom stereocenters. The summed E-state index contributed by atoms with van der Waals surface area (Å²) in [5.41, 5.74) is 1.20. The van der Waals surface area contributed by atoms with Gasteiger partial charge in [-0.2, -0.15) is 0 Å². The zero-order valence-corrected chi connectivity index (χ0v) is 18.7. The predicted octanol–water partition coefficient (Wildman–Crippen LogP) is 4.63. The van der Waals surface area contributed by atoms with Crippen molar-refractivity contribution in [2.24, 2.45) is 0 Å². The Labute approximate surface area is 183 Å². The van der Waals surface area contributed by atoms with Gasteiger partial charge < -0.3 is 19.5 Å². The van der Waals surface area contributed by atoms with Crippen molar-refractivity contribution in [3.05, 3.63) is 52.0 Å². The fourth-order valence-electron chi connectivity index (χ4n) is 2.47. The van der Waals surface area contributed by atoms with E-state index in [1.807, 2.05) is 6.92 Å². The molecule has 0 saturated heterocycles. The lowest BCUT2D eigenvalue weighted by Crippen LogP contribution is -2.15. The zero-order valence-electron chi connectivity index (χ0n) is 17.1. The number of halogens is 1. The van der Waals surface area contributed by atoms with Crippen molar-refractivity contribution < 1.29 is 28.6 Å². The summed E-state index contributed by atoms with van der Waals surface area (Å²) < 4.78 is 16.6. The molecule has 2 aromatic carbocycles. The number of carbonyl (C=O) groups excluding carboxylic acids is 3. The summed E-state index contributed by atoms with van der Waals surface area (Å²) in [6, 6.07) is 9.46. The van der Waals surface area contributed by atoms with Crippen LogP contribution < -0.4 is 14.8 Å². The molecule has 0 saturated carbocycles. The molecule has 0 radical (unpaired) electrons. The van der Waals surface area contributed by atoms with Crippen molar-refractivity contribution >= 4 is 39.3 Å². The van der Waals surface area contributed by atoms with Gasteiger partial charge in [0.1, 0.15) is 0 Å². The lowest BCUT2D eigenvalue weighted by Gasteiger charge is -2.13. The van der Waals surface area contributed by atoms with E-state index in [1.165, 1.54) is 13.2 Å². The van der Waals surface area contributed by atoms with E-state index in [1.54, 1.807) is 37.3 Å². The molecule has 160 valence electrons. The Kier molecular flexibility index (Phi) is 8.86. The van der Waals surface area contributed by atoms with Gasteiger partial charge in [0.25, 0.3) is 0 Å². The Hall–Kier alpha value is -2.87. The normalized spacial score (nSPS) is 10.3. The number of rotatable bonds is 10. The smallest absolute Gasteiger partial charge is 0.338 e. The van der Waals surface area contributed by atoms with Gasteiger partial charge in [0.2, 0.25) is 5.91 Å². The maximum atomic E-state index is 12.4. The second kappa shape index (κ2) is 11.3. The average molecular weight is 478 g/mol. The van der Waals surface area contributed by atoms with Crippen LogP contribution >= 0.6 is 15.9 Å². The number of carbonyl (C=O) groups is 3. The van der Waals surface area contributed by atoms with Crippen LogP contribution in [0.5, 0.6) is 11.5 Å². The number of benzene rings is 2. The van der Waals surface area contributed by atoms with E-state index in [0.717, 1.165) is 6.42 Å². The number of ketones is 1. The monoisotopic (exact) mass is 477 g/mol. The molecule has 0 aromatic heterocycles. The highest BCUT2D eigenvalue weighted by atomic mass is 79.9. The van der Waals surface area contributed by atoms with Crippen LogP contribution in [0.15, 0.2) is 40.9 Å². The summed E-state index contributed by atoms with van der Waals surface area (Å²) in [7, 11) is 1.48. The van der Waals surface area contributed by atoms with Crippen LogP contribution in [0, 0.1) is 0 Å². The van der Waals surface area contributed by atoms with E-state index in [9.17, 15) is 14.4 Å². The summed E-state index contributed by atoms with van der Waals surface area (Å²) >= 11 is 3.37. The number of nitrogens with one attached hydrogen (secondary N) is 1. The molecule has 0 aliphatic carbocycles. The van der Waals surface area contributed by atoms with Crippen LogP contribution in [0.4, 0.5) is 5.69 Å². The van der Waals surface area contributed by atoms with Crippen LogP contribution in [-0.2, 0) is 9.53 Å². The Morgan fingerprint density at radius 1 is 1.03 bits per heavy atom. The standard InChI is InChI=1S/C22H24BrNO6/c1-4-10-29-21-17(23)11-15(12-19(21)28-3)22(27)30-13-18(25)14-6-8-16(9-7-14)24-20(26)5-2/h6-9,11-12H,4-5,10,13H2,1-3H3,(H,24,26). The molecule has 7 nitrogen and oxygen atoms in total. The molecule has 0 heterocycles. The van der Waals surface area contributed by atoms with Gasteiger partial charge in [0, 0.05) is 17.7 Å². The molecule has 0 aliphatic heterocycles. The fourth-order valence-corrected chi connectivity index (χ4v) is 3.02. The van der Waals surface area contributed by atoms with Crippen molar-refractivity contribution in [3.63, 3.8) is 0 Å². The lowest BCUT2D eigenvalue weighted by molar-refractivity contribution is -0.115. The number of hydrogen-bond donors (Lipinski definition) is 1. The minimum absolute atomic E-state index is 0.115. The summed E-state index contributed by atoms with van der Waals surface area (Å²) in [6.07, 6.45) is 1.19. The molecule has 30 heavy (non-hydrogen) atoms. The quantitative estimate of drug-likeness (QED) is 0.396. The number of Topliss-reactive ketones (excluding diaryl/α,β-unsaturated/α-hetero) is 1. The molecule has 2 aromatic rings. The molecule has 8 heteroatoms. The van der Waals surface area contributed by atoms with E-state index >= 15 is 0 Å². The highest BCUT2D eigenvalue weighted by Crippen LogP contribution is 2.37.